The van der Waals surface area contributed by atoms with Crippen molar-refractivity contribution in [1.29, 1.82) is 0 Å². The zero-order valence-corrected chi connectivity index (χ0v) is 18.2. The van der Waals surface area contributed by atoms with Crippen LogP contribution in [0.25, 0.3) is 10.2 Å². The second-order valence-electron chi connectivity index (χ2n) is 6.27. The number of aromatic nitrogens is 1. The molecule has 1 heterocycles. The first-order chi connectivity index (χ1) is 14.0. The molecule has 0 radical (unpaired) electrons. The van der Waals surface area contributed by atoms with E-state index in [-0.39, 0.29) is 11.7 Å². The van der Waals surface area contributed by atoms with Crippen LogP contribution in [0.1, 0.15) is 19.8 Å². The molecule has 0 saturated carbocycles. The van der Waals surface area contributed by atoms with Crippen LogP contribution in [0.5, 0.6) is 11.5 Å². The Morgan fingerprint density at radius 2 is 1.86 bits per heavy atom. The molecule has 0 atom stereocenters. The predicted molar refractivity (Wildman–Crippen MR) is 116 cm³/mol. The lowest BCUT2D eigenvalue weighted by Crippen LogP contribution is -2.17. The summed E-state index contributed by atoms with van der Waals surface area (Å²) in [7, 11) is 3.21. The van der Waals surface area contributed by atoms with Crippen LogP contribution >= 0.6 is 23.1 Å². The first kappa shape index (κ1) is 21.4. The minimum atomic E-state index is -0.265. The molecule has 5 nitrogen and oxygen atoms in total. The molecular formula is C21H23FN2O3S2. The number of amides is 1. The molecule has 8 heteroatoms. The van der Waals surface area contributed by atoms with Crippen LogP contribution in [-0.2, 0) is 11.3 Å². The zero-order valence-electron chi connectivity index (χ0n) is 16.6. The van der Waals surface area contributed by atoms with Crippen LogP contribution in [0.4, 0.5) is 4.39 Å². The van der Waals surface area contributed by atoms with Crippen molar-refractivity contribution in [2.75, 3.05) is 20.0 Å². The zero-order chi connectivity index (χ0) is 20.8. The topological polar surface area (TPSA) is 52.8 Å². The Bertz CT molecular complexity index is 1060. The number of ether oxygens (including phenoxy) is 2. The fourth-order valence-electron chi connectivity index (χ4n) is 2.87. The molecule has 0 aliphatic rings. The second kappa shape index (κ2) is 9.93. The molecule has 0 N–H and O–H groups in total. The third-order valence-electron chi connectivity index (χ3n) is 4.25. The fourth-order valence-corrected chi connectivity index (χ4v) is 4.80. The molecule has 0 aliphatic heterocycles. The molecule has 1 amide bonds. The number of aryl methyl sites for hydroxylation is 1. The Hall–Kier alpha value is -2.32. The quantitative estimate of drug-likeness (QED) is 0.474. The van der Waals surface area contributed by atoms with Crippen LogP contribution < -0.4 is 14.3 Å². The highest BCUT2D eigenvalue weighted by molar-refractivity contribution is 7.99. The summed E-state index contributed by atoms with van der Waals surface area (Å²) in [4.78, 5) is 18.4. The number of thioether (sulfide) groups is 1. The summed E-state index contributed by atoms with van der Waals surface area (Å²) >= 11 is 2.98. The number of halogens is 1. The average Bonchev–Trinajstić information content (AvgIpc) is 3.04. The van der Waals surface area contributed by atoms with Gasteiger partial charge < -0.3 is 14.0 Å². The SMILES string of the molecule is CCCn1c(=NC(=O)CCSc2ccc(F)cc2)sc2cc(OC)c(OC)cc21. The first-order valence-electron chi connectivity index (χ1n) is 9.27. The van der Waals surface area contributed by atoms with Gasteiger partial charge in [-0.2, -0.15) is 4.99 Å². The van der Waals surface area contributed by atoms with Crippen molar-refractivity contribution in [2.45, 2.75) is 31.2 Å². The molecule has 2 aromatic carbocycles. The van der Waals surface area contributed by atoms with E-state index in [2.05, 4.69) is 11.9 Å². The van der Waals surface area contributed by atoms with Crippen LogP contribution in [-0.4, -0.2) is 30.4 Å². The maximum absolute atomic E-state index is 13.0. The van der Waals surface area contributed by atoms with Crippen molar-refractivity contribution in [3.63, 3.8) is 0 Å². The number of fused-ring (bicyclic) bond motifs is 1. The van der Waals surface area contributed by atoms with E-state index in [9.17, 15) is 9.18 Å². The normalized spacial score (nSPS) is 11.8. The van der Waals surface area contributed by atoms with Gasteiger partial charge in [-0.05, 0) is 30.7 Å². The van der Waals surface area contributed by atoms with Crippen LogP contribution in [0.3, 0.4) is 0 Å². The van der Waals surface area contributed by atoms with Crippen molar-refractivity contribution in [3.8, 4) is 11.5 Å². The molecule has 3 aromatic rings. The Kier molecular flexibility index (Phi) is 7.33. The van der Waals surface area contributed by atoms with Crippen LogP contribution in [0, 0.1) is 5.82 Å². The van der Waals surface area contributed by atoms with Gasteiger partial charge in [0.05, 0.1) is 24.4 Å². The van der Waals surface area contributed by atoms with Gasteiger partial charge in [-0.15, -0.1) is 11.8 Å². The molecule has 0 aliphatic carbocycles. The number of thiazole rings is 1. The van der Waals surface area contributed by atoms with Crippen LogP contribution in [0.2, 0.25) is 0 Å². The number of carbonyl (C=O) groups is 1. The molecule has 0 unspecified atom stereocenters. The molecule has 0 spiro atoms. The average molecular weight is 435 g/mol. The van der Waals surface area contributed by atoms with Crippen molar-refractivity contribution in [2.24, 2.45) is 4.99 Å². The number of hydrogen-bond donors (Lipinski definition) is 0. The number of methoxy groups -OCH3 is 2. The minimum absolute atomic E-state index is 0.171. The van der Waals surface area contributed by atoms with E-state index >= 15 is 0 Å². The summed E-state index contributed by atoms with van der Waals surface area (Å²) in [5.74, 6) is 1.46. The Labute approximate surface area is 177 Å². The fraction of sp³-hybridized carbons (Fsp3) is 0.333. The van der Waals surface area contributed by atoms with Gasteiger partial charge >= 0.3 is 0 Å². The van der Waals surface area contributed by atoms with Crippen molar-refractivity contribution in [3.05, 3.63) is 47.0 Å². The van der Waals surface area contributed by atoms with Crippen molar-refractivity contribution >= 4 is 39.2 Å². The van der Waals surface area contributed by atoms with E-state index in [1.165, 1.54) is 35.2 Å². The first-order valence-corrected chi connectivity index (χ1v) is 11.1. The summed E-state index contributed by atoms with van der Waals surface area (Å²) in [5.41, 5.74) is 0.974. The maximum atomic E-state index is 13.0. The summed E-state index contributed by atoms with van der Waals surface area (Å²) in [5, 5.41) is 0. The summed E-state index contributed by atoms with van der Waals surface area (Å²) in [6, 6.07) is 10.1. The molecule has 154 valence electrons. The number of hydrogen-bond acceptors (Lipinski definition) is 5. The lowest BCUT2D eigenvalue weighted by Gasteiger charge is -2.08. The molecule has 0 saturated heterocycles. The lowest BCUT2D eigenvalue weighted by atomic mass is 10.3. The second-order valence-corrected chi connectivity index (χ2v) is 8.45. The number of rotatable bonds is 8. The van der Waals surface area contributed by atoms with Gasteiger partial charge in [0.15, 0.2) is 16.3 Å². The van der Waals surface area contributed by atoms with Gasteiger partial charge in [-0.3, -0.25) is 4.79 Å². The highest BCUT2D eigenvalue weighted by Crippen LogP contribution is 2.33. The van der Waals surface area contributed by atoms with Gasteiger partial charge in [0.2, 0.25) is 5.91 Å². The lowest BCUT2D eigenvalue weighted by molar-refractivity contribution is -0.117. The van der Waals surface area contributed by atoms with E-state index in [1.807, 2.05) is 16.7 Å². The van der Waals surface area contributed by atoms with Crippen molar-refractivity contribution in [1.82, 2.24) is 4.57 Å². The summed E-state index contributed by atoms with van der Waals surface area (Å²) < 4.78 is 26.8. The van der Waals surface area contributed by atoms with E-state index < -0.39 is 0 Å². The number of carbonyl (C=O) groups excluding carboxylic acids is 1. The van der Waals surface area contributed by atoms with E-state index in [4.69, 9.17) is 9.47 Å². The number of benzene rings is 2. The van der Waals surface area contributed by atoms with Crippen molar-refractivity contribution < 1.29 is 18.7 Å². The number of nitrogens with zero attached hydrogens (tertiary/aromatic N) is 2. The van der Waals surface area contributed by atoms with Gasteiger partial charge in [0, 0.05) is 35.7 Å². The predicted octanol–water partition coefficient (Wildman–Crippen LogP) is 4.88. The molecule has 3 rings (SSSR count). The van der Waals surface area contributed by atoms with E-state index in [0.717, 1.165) is 28.1 Å². The van der Waals surface area contributed by atoms with E-state index in [1.54, 1.807) is 26.4 Å². The Morgan fingerprint density at radius 1 is 1.17 bits per heavy atom. The molecule has 29 heavy (non-hydrogen) atoms. The molecule has 0 fully saturated rings. The monoisotopic (exact) mass is 434 g/mol. The third kappa shape index (κ3) is 5.19. The highest BCUT2D eigenvalue weighted by Gasteiger charge is 2.13. The largest absolute Gasteiger partial charge is 0.493 e. The minimum Gasteiger partial charge on any atom is -0.493 e. The molecule has 1 aromatic heterocycles. The third-order valence-corrected chi connectivity index (χ3v) is 6.31. The maximum Gasteiger partial charge on any atom is 0.249 e. The van der Waals surface area contributed by atoms with E-state index in [0.29, 0.717) is 28.5 Å². The standard InChI is InChI=1S/C21H23FN2O3S2/c1-4-10-24-16-12-17(26-2)18(27-3)13-19(16)29-21(24)23-20(25)9-11-28-15-7-5-14(22)6-8-15/h5-8,12-13H,4,9-11H2,1-3H3. The Morgan fingerprint density at radius 3 is 2.52 bits per heavy atom. The van der Waals surface area contributed by atoms with Gasteiger partial charge in [-0.25, -0.2) is 4.39 Å². The van der Waals surface area contributed by atoms with Gasteiger partial charge in [0.1, 0.15) is 5.82 Å². The Balaban J connectivity index is 1.82. The smallest absolute Gasteiger partial charge is 0.249 e. The highest BCUT2D eigenvalue weighted by atomic mass is 32.2. The van der Waals surface area contributed by atoms with Gasteiger partial charge in [-0.1, -0.05) is 18.3 Å². The molecular weight excluding hydrogens is 411 g/mol. The summed E-state index contributed by atoms with van der Waals surface area (Å²) in [6.45, 7) is 2.84. The van der Waals surface area contributed by atoms with Crippen LogP contribution in [0.15, 0.2) is 46.3 Å². The summed E-state index contributed by atoms with van der Waals surface area (Å²) in [6.07, 6.45) is 1.23. The van der Waals surface area contributed by atoms with Gasteiger partial charge in [0.25, 0.3) is 0 Å². The molecule has 0 bridgehead atoms.